The summed E-state index contributed by atoms with van der Waals surface area (Å²) in [5.41, 5.74) is 6.97. The molecule has 1 aromatic rings. The van der Waals surface area contributed by atoms with E-state index in [-0.39, 0.29) is 12.1 Å². The fraction of sp³-hybridized carbons (Fsp3) is 0.533. The molecule has 0 saturated carbocycles. The van der Waals surface area contributed by atoms with E-state index in [0.717, 1.165) is 5.56 Å². The number of anilines is 1. The van der Waals surface area contributed by atoms with E-state index < -0.39 is 5.60 Å². The fourth-order valence-corrected chi connectivity index (χ4v) is 1.67. The Kier molecular flexibility index (Phi) is 4.81. The molecule has 0 fully saturated rings. The average molecular weight is 264 g/mol. The Morgan fingerprint density at radius 1 is 1.37 bits per heavy atom. The van der Waals surface area contributed by atoms with Crippen molar-refractivity contribution in [3.8, 4) is 0 Å². The first-order valence-electron chi connectivity index (χ1n) is 6.53. The molecule has 4 nitrogen and oxygen atoms in total. The quantitative estimate of drug-likeness (QED) is 0.851. The molecule has 0 atom stereocenters. The second kappa shape index (κ2) is 5.95. The van der Waals surface area contributed by atoms with E-state index >= 15 is 0 Å². The first kappa shape index (κ1) is 15.3. The highest BCUT2D eigenvalue weighted by Gasteiger charge is 2.24. The summed E-state index contributed by atoms with van der Waals surface area (Å²) in [4.78, 5) is 13.9. The summed E-state index contributed by atoms with van der Waals surface area (Å²) in [6.07, 6.45) is -0.301. The van der Waals surface area contributed by atoms with Crippen LogP contribution >= 0.6 is 0 Å². The lowest BCUT2D eigenvalue weighted by Crippen LogP contribution is -2.40. The number of hydrogen-bond donors (Lipinski definition) is 1. The fourth-order valence-electron chi connectivity index (χ4n) is 1.67. The van der Waals surface area contributed by atoms with Crippen molar-refractivity contribution in [2.75, 3.05) is 5.73 Å². The number of amides is 1. The molecule has 0 bridgehead atoms. The zero-order chi connectivity index (χ0) is 14.6. The molecule has 0 aromatic heterocycles. The number of carbonyl (C=O) groups is 1. The van der Waals surface area contributed by atoms with E-state index in [0.29, 0.717) is 12.2 Å². The van der Waals surface area contributed by atoms with Crippen LogP contribution < -0.4 is 5.73 Å². The van der Waals surface area contributed by atoms with Crippen LogP contribution in [-0.4, -0.2) is 22.6 Å². The third kappa shape index (κ3) is 5.20. The summed E-state index contributed by atoms with van der Waals surface area (Å²) >= 11 is 0. The lowest BCUT2D eigenvalue weighted by molar-refractivity contribution is 0.0172. The number of benzene rings is 1. The number of hydrogen-bond acceptors (Lipinski definition) is 3. The van der Waals surface area contributed by atoms with Gasteiger partial charge in [0.2, 0.25) is 0 Å². The van der Waals surface area contributed by atoms with Crippen LogP contribution in [0.1, 0.15) is 40.2 Å². The number of nitrogens with two attached hydrogens (primary N) is 1. The smallest absolute Gasteiger partial charge is 0.410 e. The van der Waals surface area contributed by atoms with E-state index in [1.807, 2.05) is 58.9 Å². The minimum atomic E-state index is -0.486. The summed E-state index contributed by atoms with van der Waals surface area (Å²) in [5.74, 6) is 0. The topological polar surface area (TPSA) is 55.6 Å². The van der Waals surface area contributed by atoms with Crippen molar-refractivity contribution in [3.63, 3.8) is 0 Å². The molecule has 0 saturated heterocycles. The van der Waals surface area contributed by atoms with Gasteiger partial charge in [-0.15, -0.1) is 0 Å². The van der Waals surface area contributed by atoms with Crippen LogP contribution in [0.2, 0.25) is 0 Å². The lowest BCUT2D eigenvalue weighted by Gasteiger charge is -2.30. The molecule has 106 valence electrons. The zero-order valence-corrected chi connectivity index (χ0v) is 12.4. The van der Waals surface area contributed by atoms with Crippen molar-refractivity contribution in [1.82, 2.24) is 4.90 Å². The van der Waals surface area contributed by atoms with E-state index in [2.05, 4.69) is 0 Å². The van der Waals surface area contributed by atoms with E-state index in [4.69, 9.17) is 10.5 Å². The van der Waals surface area contributed by atoms with Gasteiger partial charge in [-0.05, 0) is 52.3 Å². The Morgan fingerprint density at radius 2 is 2.00 bits per heavy atom. The lowest BCUT2D eigenvalue weighted by atomic mass is 10.1. The Morgan fingerprint density at radius 3 is 2.47 bits per heavy atom. The SMILES string of the molecule is CC(C)N(Cc1cccc(N)c1)C(=O)OC(C)(C)C. The van der Waals surface area contributed by atoms with Gasteiger partial charge in [0.25, 0.3) is 0 Å². The van der Waals surface area contributed by atoms with Crippen LogP contribution in [0.25, 0.3) is 0 Å². The number of carbonyl (C=O) groups excluding carboxylic acids is 1. The standard InChI is InChI=1S/C15H24N2O2/c1-11(2)17(14(18)19-15(3,4)5)10-12-7-6-8-13(16)9-12/h6-9,11H,10,16H2,1-5H3. The highest BCUT2D eigenvalue weighted by molar-refractivity contribution is 5.68. The van der Waals surface area contributed by atoms with Crippen LogP contribution in [0.5, 0.6) is 0 Å². The van der Waals surface area contributed by atoms with E-state index in [1.165, 1.54) is 0 Å². The van der Waals surface area contributed by atoms with Crippen LogP contribution in [-0.2, 0) is 11.3 Å². The molecule has 1 amide bonds. The zero-order valence-electron chi connectivity index (χ0n) is 12.4. The van der Waals surface area contributed by atoms with Crippen molar-refractivity contribution in [3.05, 3.63) is 29.8 Å². The Hall–Kier alpha value is -1.71. The maximum Gasteiger partial charge on any atom is 0.410 e. The van der Waals surface area contributed by atoms with Gasteiger partial charge in [-0.3, -0.25) is 0 Å². The van der Waals surface area contributed by atoms with Gasteiger partial charge in [-0.1, -0.05) is 12.1 Å². The predicted molar refractivity (Wildman–Crippen MR) is 77.8 cm³/mol. The van der Waals surface area contributed by atoms with Crippen LogP contribution in [0.4, 0.5) is 10.5 Å². The molecule has 0 aliphatic carbocycles. The summed E-state index contributed by atoms with van der Waals surface area (Å²) in [6, 6.07) is 7.61. The van der Waals surface area contributed by atoms with Gasteiger partial charge in [0.05, 0.1) is 0 Å². The largest absolute Gasteiger partial charge is 0.444 e. The van der Waals surface area contributed by atoms with Crippen molar-refractivity contribution in [2.45, 2.75) is 52.8 Å². The molecule has 0 spiro atoms. The second-order valence-corrected chi connectivity index (χ2v) is 5.95. The van der Waals surface area contributed by atoms with E-state index in [9.17, 15) is 4.79 Å². The Bertz CT molecular complexity index is 436. The minimum Gasteiger partial charge on any atom is -0.444 e. The molecule has 4 heteroatoms. The third-order valence-electron chi connectivity index (χ3n) is 2.56. The maximum atomic E-state index is 12.2. The molecule has 0 aliphatic heterocycles. The van der Waals surface area contributed by atoms with Crippen molar-refractivity contribution >= 4 is 11.8 Å². The molecular weight excluding hydrogens is 240 g/mol. The summed E-state index contributed by atoms with van der Waals surface area (Å²) in [7, 11) is 0. The van der Waals surface area contributed by atoms with Crippen molar-refractivity contribution in [2.24, 2.45) is 0 Å². The molecule has 2 N–H and O–H groups in total. The highest BCUT2D eigenvalue weighted by Crippen LogP contribution is 2.16. The number of nitrogens with zero attached hydrogens (tertiary/aromatic N) is 1. The monoisotopic (exact) mass is 264 g/mol. The molecular formula is C15H24N2O2. The van der Waals surface area contributed by atoms with Gasteiger partial charge < -0.3 is 15.4 Å². The van der Waals surface area contributed by atoms with E-state index in [1.54, 1.807) is 4.90 Å². The Labute approximate surface area is 115 Å². The highest BCUT2D eigenvalue weighted by atomic mass is 16.6. The molecule has 19 heavy (non-hydrogen) atoms. The second-order valence-electron chi connectivity index (χ2n) is 5.95. The van der Waals surface area contributed by atoms with Crippen LogP contribution in [0.3, 0.4) is 0 Å². The molecule has 0 heterocycles. The first-order valence-corrected chi connectivity index (χ1v) is 6.53. The minimum absolute atomic E-state index is 0.0660. The Balaban J connectivity index is 2.81. The normalized spacial score (nSPS) is 11.5. The van der Waals surface area contributed by atoms with Gasteiger partial charge in [0.1, 0.15) is 5.60 Å². The predicted octanol–water partition coefficient (Wildman–Crippen LogP) is 3.41. The average Bonchev–Trinajstić information content (AvgIpc) is 2.23. The number of nitrogen functional groups attached to an aromatic ring is 1. The molecule has 0 radical (unpaired) electrons. The first-order chi connectivity index (χ1) is 8.69. The molecule has 1 rings (SSSR count). The van der Waals surface area contributed by atoms with Crippen LogP contribution in [0.15, 0.2) is 24.3 Å². The summed E-state index contributed by atoms with van der Waals surface area (Å²) < 4.78 is 5.42. The molecule has 0 unspecified atom stereocenters. The van der Waals surface area contributed by atoms with Gasteiger partial charge in [-0.25, -0.2) is 4.79 Å². The molecule has 0 aliphatic rings. The van der Waals surface area contributed by atoms with Crippen molar-refractivity contribution < 1.29 is 9.53 Å². The van der Waals surface area contributed by atoms with Gasteiger partial charge >= 0.3 is 6.09 Å². The van der Waals surface area contributed by atoms with Crippen LogP contribution in [0, 0.1) is 0 Å². The summed E-state index contributed by atoms with van der Waals surface area (Å²) in [5, 5.41) is 0. The summed E-state index contributed by atoms with van der Waals surface area (Å²) in [6.45, 7) is 10.0. The van der Waals surface area contributed by atoms with Gasteiger partial charge in [-0.2, -0.15) is 0 Å². The number of rotatable bonds is 3. The molecule has 1 aromatic carbocycles. The number of ether oxygens (including phenoxy) is 1. The van der Waals surface area contributed by atoms with Gasteiger partial charge in [0.15, 0.2) is 0 Å². The maximum absolute atomic E-state index is 12.2. The van der Waals surface area contributed by atoms with Crippen molar-refractivity contribution in [1.29, 1.82) is 0 Å². The van der Waals surface area contributed by atoms with Gasteiger partial charge in [0, 0.05) is 18.3 Å². The third-order valence-corrected chi connectivity index (χ3v) is 2.56.